The highest BCUT2D eigenvalue weighted by Gasteiger charge is 2.21. The zero-order valence-electron chi connectivity index (χ0n) is 12.7. The van der Waals surface area contributed by atoms with Crippen LogP contribution in [0.3, 0.4) is 0 Å². The summed E-state index contributed by atoms with van der Waals surface area (Å²) < 4.78 is 6.57. The van der Waals surface area contributed by atoms with Crippen LogP contribution in [0, 0.1) is 5.92 Å². The highest BCUT2D eigenvalue weighted by atomic mass is 32.1. The molecule has 1 saturated carbocycles. The number of nitrogens with two attached hydrogens (primary N) is 1. The number of carbonyl (C=O) groups excluding carboxylic acids is 1. The Kier molecular flexibility index (Phi) is 4.47. The summed E-state index contributed by atoms with van der Waals surface area (Å²) in [4.78, 5) is 16.7. The van der Waals surface area contributed by atoms with Crippen LogP contribution in [-0.2, 0) is 4.79 Å². The summed E-state index contributed by atoms with van der Waals surface area (Å²) in [5, 5.41) is 3.54. The van der Waals surface area contributed by atoms with Crippen molar-refractivity contribution in [3.63, 3.8) is 0 Å². The molecule has 0 unspecified atom stereocenters. The van der Waals surface area contributed by atoms with E-state index >= 15 is 0 Å². The third-order valence-corrected chi connectivity index (χ3v) is 4.85. The molecule has 0 radical (unpaired) electrons. The lowest BCUT2D eigenvalue weighted by Gasteiger charge is -2.21. The van der Waals surface area contributed by atoms with Gasteiger partial charge >= 0.3 is 0 Å². The number of nitrogens with zero attached hydrogens (tertiary/aromatic N) is 1. The minimum Gasteiger partial charge on any atom is -0.491 e. The number of nitrogens with one attached hydrogen (secondary N) is 1. The molecule has 0 atom stereocenters. The minimum absolute atomic E-state index is 0.110. The summed E-state index contributed by atoms with van der Waals surface area (Å²) >= 11 is 1.40. The van der Waals surface area contributed by atoms with Gasteiger partial charge in [-0.2, -0.15) is 0 Å². The van der Waals surface area contributed by atoms with Gasteiger partial charge in [-0.25, -0.2) is 4.98 Å². The Morgan fingerprint density at radius 2 is 2.18 bits per heavy atom. The molecule has 5 nitrogen and oxygen atoms in total. The van der Waals surface area contributed by atoms with Gasteiger partial charge in [-0.1, -0.05) is 30.6 Å². The first-order valence-electron chi connectivity index (χ1n) is 7.81. The van der Waals surface area contributed by atoms with Gasteiger partial charge in [0.25, 0.3) is 0 Å². The van der Waals surface area contributed by atoms with Crippen molar-refractivity contribution < 1.29 is 9.53 Å². The van der Waals surface area contributed by atoms with Gasteiger partial charge in [0, 0.05) is 17.7 Å². The van der Waals surface area contributed by atoms with Crippen molar-refractivity contribution in [1.29, 1.82) is 0 Å². The summed E-state index contributed by atoms with van der Waals surface area (Å²) in [5.74, 6) is 0.914. The number of carbonyl (C=O) groups is 1. The topological polar surface area (TPSA) is 77.2 Å². The second-order valence-corrected chi connectivity index (χ2v) is 6.69. The van der Waals surface area contributed by atoms with Gasteiger partial charge in [-0.3, -0.25) is 4.79 Å². The molecule has 0 saturated heterocycles. The summed E-state index contributed by atoms with van der Waals surface area (Å²) in [7, 11) is 0. The maximum absolute atomic E-state index is 12.4. The smallest absolute Gasteiger partial charge is 0.227 e. The second kappa shape index (κ2) is 6.52. The first-order valence-corrected chi connectivity index (χ1v) is 8.62. The van der Waals surface area contributed by atoms with E-state index in [0.717, 1.165) is 41.6 Å². The first-order chi connectivity index (χ1) is 10.7. The van der Waals surface area contributed by atoms with E-state index in [1.807, 2.05) is 19.1 Å². The first kappa shape index (κ1) is 15.1. The van der Waals surface area contributed by atoms with Gasteiger partial charge in [0.15, 0.2) is 5.13 Å². The number of thiazole rings is 1. The number of nitrogen functional groups attached to an aromatic ring is 1. The SMILES string of the molecule is CCOc1cc(NC(=O)C2CCCCC2)cc2sc(N)nc12. The van der Waals surface area contributed by atoms with Gasteiger partial charge in [-0.15, -0.1) is 0 Å². The van der Waals surface area contributed by atoms with Crippen molar-refractivity contribution in [1.82, 2.24) is 4.98 Å². The summed E-state index contributed by atoms with van der Waals surface area (Å²) in [6.07, 6.45) is 5.50. The van der Waals surface area contributed by atoms with Crippen LogP contribution in [0.25, 0.3) is 10.2 Å². The molecule has 3 rings (SSSR count). The number of hydrogen-bond acceptors (Lipinski definition) is 5. The zero-order valence-corrected chi connectivity index (χ0v) is 13.5. The van der Waals surface area contributed by atoms with Crippen molar-refractivity contribution in [3.05, 3.63) is 12.1 Å². The van der Waals surface area contributed by atoms with Crippen LogP contribution in [0.5, 0.6) is 5.75 Å². The molecule has 2 aromatic rings. The van der Waals surface area contributed by atoms with Crippen LogP contribution in [0.2, 0.25) is 0 Å². The molecule has 1 aromatic carbocycles. The van der Waals surface area contributed by atoms with E-state index in [1.54, 1.807) is 0 Å². The molecule has 1 aromatic heterocycles. The molecule has 1 heterocycles. The second-order valence-electron chi connectivity index (χ2n) is 5.63. The maximum atomic E-state index is 12.4. The average molecular weight is 319 g/mol. The van der Waals surface area contributed by atoms with Crippen LogP contribution in [0.4, 0.5) is 10.8 Å². The van der Waals surface area contributed by atoms with E-state index in [-0.39, 0.29) is 11.8 Å². The standard InChI is InChI=1S/C16H21N3O2S/c1-2-21-12-8-11(9-13-14(12)19-16(17)22-13)18-15(20)10-6-4-3-5-7-10/h8-10H,2-7H2,1H3,(H2,17,19)(H,18,20). The molecule has 22 heavy (non-hydrogen) atoms. The number of hydrogen-bond donors (Lipinski definition) is 2. The molecule has 1 aliphatic rings. The lowest BCUT2D eigenvalue weighted by atomic mass is 9.88. The summed E-state index contributed by atoms with van der Waals surface area (Å²) in [6, 6.07) is 3.76. The monoisotopic (exact) mass is 319 g/mol. The third-order valence-electron chi connectivity index (χ3n) is 4.02. The fourth-order valence-electron chi connectivity index (χ4n) is 2.96. The van der Waals surface area contributed by atoms with E-state index in [4.69, 9.17) is 10.5 Å². The van der Waals surface area contributed by atoms with Gasteiger partial charge in [0.1, 0.15) is 11.3 Å². The molecule has 1 amide bonds. The van der Waals surface area contributed by atoms with Crippen LogP contribution < -0.4 is 15.8 Å². The third kappa shape index (κ3) is 3.16. The number of amides is 1. The van der Waals surface area contributed by atoms with Gasteiger partial charge in [0.2, 0.25) is 5.91 Å². The van der Waals surface area contributed by atoms with Crippen molar-refractivity contribution in [2.24, 2.45) is 5.92 Å². The van der Waals surface area contributed by atoms with Crippen LogP contribution >= 0.6 is 11.3 Å². The number of anilines is 2. The Bertz CT molecular complexity index is 677. The minimum atomic E-state index is 0.110. The van der Waals surface area contributed by atoms with Crippen molar-refractivity contribution in [3.8, 4) is 5.75 Å². The number of rotatable bonds is 4. The molecule has 118 valence electrons. The van der Waals surface area contributed by atoms with Crippen molar-refractivity contribution >= 4 is 38.3 Å². The Balaban J connectivity index is 1.84. The summed E-state index contributed by atoms with van der Waals surface area (Å²) in [6.45, 7) is 2.47. The quantitative estimate of drug-likeness (QED) is 0.898. The predicted molar refractivity (Wildman–Crippen MR) is 90.4 cm³/mol. The van der Waals surface area contributed by atoms with Crippen LogP contribution in [0.15, 0.2) is 12.1 Å². The lowest BCUT2D eigenvalue weighted by Crippen LogP contribution is -2.24. The zero-order chi connectivity index (χ0) is 15.5. The van der Waals surface area contributed by atoms with E-state index in [0.29, 0.717) is 17.5 Å². The largest absolute Gasteiger partial charge is 0.491 e. The molecule has 0 aliphatic heterocycles. The average Bonchev–Trinajstić information content (AvgIpc) is 2.89. The number of ether oxygens (including phenoxy) is 1. The van der Waals surface area contributed by atoms with E-state index < -0.39 is 0 Å². The normalized spacial score (nSPS) is 15.9. The van der Waals surface area contributed by atoms with Crippen LogP contribution in [-0.4, -0.2) is 17.5 Å². The Morgan fingerprint density at radius 1 is 1.41 bits per heavy atom. The van der Waals surface area contributed by atoms with Gasteiger partial charge < -0.3 is 15.8 Å². The molecule has 1 fully saturated rings. The molecular formula is C16H21N3O2S. The Morgan fingerprint density at radius 3 is 2.91 bits per heavy atom. The molecule has 0 bridgehead atoms. The molecule has 6 heteroatoms. The highest BCUT2D eigenvalue weighted by molar-refractivity contribution is 7.22. The number of fused-ring (bicyclic) bond motifs is 1. The summed E-state index contributed by atoms with van der Waals surface area (Å²) in [5.41, 5.74) is 7.31. The van der Waals surface area contributed by atoms with Gasteiger partial charge in [0.05, 0.1) is 11.3 Å². The Hall–Kier alpha value is -1.82. The van der Waals surface area contributed by atoms with Crippen molar-refractivity contribution in [2.75, 3.05) is 17.7 Å². The van der Waals surface area contributed by atoms with Gasteiger partial charge in [-0.05, 0) is 25.8 Å². The molecule has 0 spiro atoms. The lowest BCUT2D eigenvalue weighted by molar-refractivity contribution is -0.120. The molecule has 1 aliphatic carbocycles. The highest BCUT2D eigenvalue weighted by Crippen LogP contribution is 2.35. The van der Waals surface area contributed by atoms with E-state index in [9.17, 15) is 4.79 Å². The molecular weight excluding hydrogens is 298 g/mol. The van der Waals surface area contributed by atoms with E-state index in [2.05, 4.69) is 10.3 Å². The fourth-order valence-corrected chi connectivity index (χ4v) is 3.75. The number of aromatic nitrogens is 1. The van der Waals surface area contributed by atoms with Crippen LogP contribution in [0.1, 0.15) is 39.0 Å². The fraction of sp³-hybridized carbons (Fsp3) is 0.500. The maximum Gasteiger partial charge on any atom is 0.227 e. The predicted octanol–water partition coefficient (Wildman–Crippen LogP) is 3.80. The van der Waals surface area contributed by atoms with Crippen molar-refractivity contribution in [2.45, 2.75) is 39.0 Å². The Labute approximate surface area is 133 Å². The molecule has 3 N–H and O–H groups in total. The number of benzene rings is 1. The van der Waals surface area contributed by atoms with E-state index in [1.165, 1.54) is 17.8 Å².